The number of hydrogen-bond donors (Lipinski definition) is 9. The topological polar surface area (TPSA) is 464 Å². The number of nitrogens with one attached hydrogen (secondary N) is 4. The van der Waals surface area contributed by atoms with Crippen molar-refractivity contribution in [2.24, 2.45) is 11.7 Å². The lowest BCUT2D eigenvalue weighted by Crippen LogP contribution is -2.54. The number of aromatic nitrogens is 8. The molecule has 1 unspecified atom stereocenters. The lowest BCUT2D eigenvalue weighted by molar-refractivity contribution is -0.158. The molecule has 9 rings (SSSR count). The predicted octanol–water partition coefficient (Wildman–Crippen LogP) is 2.14. The van der Waals surface area contributed by atoms with Gasteiger partial charge in [-0.05, 0) is 42.9 Å². The lowest BCUT2D eigenvalue weighted by Gasteiger charge is -2.29. The molecule has 0 bridgehead atoms. The van der Waals surface area contributed by atoms with E-state index in [1.165, 1.54) is 45.9 Å². The summed E-state index contributed by atoms with van der Waals surface area (Å²) in [6.07, 6.45) is -7.09. The summed E-state index contributed by atoms with van der Waals surface area (Å²) >= 11 is 8.36. The Morgan fingerprint density at radius 3 is 1.98 bits per heavy atom. The number of benzene rings is 1. The van der Waals surface area contributed by atoms with E-state index in [2.05, 4.69) is 75.7 Å². The first-order valence-corrected chi connectivity index (χ1v) is 33.4. The van der Waals surface area contributed by atoms with Gasteiger partial charge in [-0.3, -0.25) is 60.9 Å². The average Bonchev–Trinajstić information content (AvgIpc) is 1.63. The SMILES string of the molecule is CC(C)[C@H](NC(=O)CCN1C(=O)C=CC1=O)C(=O)N[C@@H](CCCNC(N)=O)C(=O)Nc1ccc(COC(=O)N(C)CCCC(=O)O[C@H]2C(n3cnc4c(N)ncnc43)O[C@@H]3CO[P@@](=O)(S)O[C@H]4[C@@H](F)[C@H](n5cnc6c(N)ncnc65)O[C@@H]4CO[P@@](=O)(S)O[C@H]32)cc1. The van der Waals surface area contributed by atoms with E-state index in [1.54, 1.807) is 26.0 Å². The summed E-state index contributed by atoms with van der Waals surface area (Å²) in [7, 11) is 1.43. The van der Waals surface area contributed by atoms with Crippen molar-refractivity contribution >= 4 is 125 Å². The molecule has 4 aliphatic rings. The first-order chi connectivity index (χ1) is 43.3. The lowest BCUT2D eigenvalue weighted by atomic mass is 10.0. The molecule has 4 aliphatic heterocycles. The Hall–Kier alpha value is -7.93. The normalized spacial score (nSPS) is 25.6. The average molecular weight is 1350 g/mol. The van der Waals surface area contributed by atoms with E-state index in [0.29, 0.717) is 11.3 Å². The maximum atomic E-state index is 16.5. The fraction of sp³-hybridized carbons (Fsp3) is 0.490. The van der Waals surface area contributed by atoms with E-state index in [0.717, 1.165) is 29.7 Å². The molecule has 8 amide bonds. The molecule has 91 heavy (non-hydrogen) atoms. The number of carbonyl (C=O) groups excluding carboxylic acids is 8. The van der Waals surface area contributed by atoms with Crippen LogP contribution in [-0.4, -0.2) is 185 Å². The smallest absolute Gasteiger partial charge is 0.409 e. The predicted molar refractivity (Wildman–Crippen MR) is 320 cm³/mol. The van der Waals surface area contributed by atoms with Gasteiger partial charge in [0, 0.05) is 57.4 Å². The van der Waals surface area contributed by atoms with Crippen molar-refractivity contribution in [1.29, 1.82) is 0 Å². The number of thiol groups is 2. The molecule has 3 fully saturated rings. The van der Waals surface area contributed by atoms with Crippen LogP contribution in [0.4, 0.5) is 31.3 Å². The van der Waals surface area contributed by atoms with Crippen LogP contribution < -0.4 is 38.5 Å². The highest BCUT2D eigenvalue weighted by atomic mass is 32.7. The number of esters is 1. The molecular formula is C51H64FN17O18P2S2. The Kier molecular flexibility index (Phi) is 21.6. The highest BCUT2D eigenvalue weighted by molar-refractivity contribution is 8.44. The van der Waals surface area contributed by atoms with Crippen LogP contribution in [0.2, 0.25) is 0 Å². The second kappa shape index (κ2) is 29.1. The molecular weight excluding hydrogens is 1280 g/mol. The molecule has 8 heterocycles. The molecule has 40 heteroatoms. The molecule has 4 aromatic heterocycles. The molecule has 5 aromatic rings. The number of imide groups is 1. The zero-order chi connectivity index (χ0) is 65.5. The Morgan fingerprint density at radius 2 is 1.37 bits per heavy atom. The van der Waals surface area contributed by atoms with E-state index in [-0.39, 0.29) is 92.3 Å². The summed E-state index contributed by atoms with van der Waals surface area (Å²) in [5.74, 6) is -4.43. The fourth-order valence-corrected chi connectivity index (χ4v) is 12.9. The van der Waals surface area contributed by atoms with Gasteiger partial charge in [-0.15, -0.1) is 0 Å². The summed E-state index contributed by atoms with van der Waals surface area (Å²) in [6, 6.07) is 3.11. The van der Waals surface area contributed by atoms with Crippen molar-refractivity contribution in [3.05, 3.63) is 67.3 Å². The molecule has 0 radical (unpaired) electrons. The molecule has 10 N–H and O–H groups in total. The van der Waals surface area contributed by atoms with Crippen LogP contribution in [0.5, 0.6) is 0 Å². The number of anilines is 3. The zero-order valence-corrected chi connectivity index (χ0v) is 52.2. The number of hydrogen-bond acceptors (Lipinski definition) is 26. The first kappa shape index (κ1) is 67.5. The number of alkyl halides is 1. The van der Waals surface area contributed by atoms with Gasteiger partial charge in [0.05, 0.1) is 25.9 Å². The highest BCUT2D eigenvalue weighted by Gasteiger charge is 2.55. The van der Waals surface area contributed by atoms with Gasteiger partial charge in [-0.1, -0.05) is 50.5 Å². The molecule has 35 nitrogen and oxygen atoms in total. The van der Waals surface area contributed by atoms with E-state index in [4.69, 9.17) is 54.2 Å². The van der Waals surface area contributed by atoms with Crippen LogP contribution in [0.3, 0.4) is 0 Å². The Labute approximate surface area is 526 Å². The molecule has 0 saturated carbocycles. The summed E-state index contributed by atoms with van der Waals surface area (Å²) in [5.41, 5.74) is 18.5. The quantitative estimate of drug-likeness (QED) is 0.0158. The van der Waals surface area contributed by atoms with Crippen molar-refractivity contribution in [3.8, 4) is 0 Å². The minimum absolute atomic E-state index is 0.00218. The van der Waals surface area contributed by atoms with Gasteiger partial charge >= 0.3 is 31.7 Å². The largest absolute Gasteiger partial charge is 0.455 e. The van der Waals surface area contributed by atoms with Gasteiger partial charge in [-0.25, -0.2) is 53.0 Å². The second-order valence-electron chi connectivity index (χ2n) is 21.3. The minimum Gasteiger partial charge on any atom is -0.455 e. The standard InChI is InChI=1S/C51H64FN17O18P2S2/c1-25(2)36(65-31(70)14-17-67-32(71)12-13-33(67)72)47(75)64-28(6-4-15-56-50(55)76)46(74)63-27-10-8-26(9-11-27)18-80-51(77)66(3)16-5-7-34(73)85-41-40-30(84-49(41)69-24-62-38-43(54)58-22-60-45(38)69)20-82-88(78,90)86-39-29(19-81-89(79,91)87-40)83-48(35(39)52)68-23-61-37-42(53)57-21-59-44(37)68/h8-13,21-25,28-30,35-36,39-41,48-49H,4-7,14-20H2,1-3H3,(H,63,74)(H,64,75)(H,65,70)(H,78,90)(H,79,91)(H2,53,57,59)(H2,54,58,60)(H3,55,56,76)/t28-,29+,30+,35+,36-,39+,40+,41+,48+,49?,88+,89+/m0/s1. The number of imidazole rings is 2. The van der Waals surface area contributed by atoms with Gasteiger partial charge in [0.2, 0.25) is 17.7 Å². The molecule has 1 aromatic carbocycles. The molecule has 490 valence electrons. The van der Waals surface area contributed by atoms with Crippen LogP contribution in [0.1, 0.15) is 64.0 Å². The maximum Gasteiger partial charge on any atom is 0.409 e. The number of ether oxygens (including phenoxy) is 4. The van der Waals surface area contributed by atoms with Crippen LogP contribution in [0, 0.1) is 5.92 Å². The number of urea groups is 1. The highest BCUT2D eigenvalue weighted by Crippen LogP contribution is 2.61. The summed E-state index contributed by atoms with van der Waals surface area (Å²) in [6.45, 7) is -7.72. The fourth-order valence-electron chi connectivity index (χ4n) is 9.94. The minimum atomic E-state index is -4.62. The van der Waals surface area contributed by atoms with Crippen molar-refractivity contribution < 1.29 is 88.9 Å². The summed E-state index contributed by atoms with van der Waals surface area (Å²) < 4.78 is 94.1. The van der Waals surface area contributed by atoms with Crippen molar-refractivity contribution in [2.75, 3.05) is 56.7 Å². The summed E-state index contributed by atoms with van der Waals surface area (Å²) in [4.78, 5) is 129. The maximum absolute atomic E-state index is 16.5. The van der Waals surface area contributed by atoms with Crippen molar-refractivity contribution in [2.45, 2.75) is 114 Å². The number of halogens is 1. The monoisotopic (exact) mass is 1350 g/mol. The molecule has 0 aliphatic carbocycles. The van der Waals surface area contributed by atoms with Crippen LogP contribution in [-0.2, 0) is 81.5 Å². The third-order valence-corrected chi connectivity index (χ3v) is 17.8. The Balaban J connectivity index is 0.797. The Bertz CT molecular complexity index is 3690. The zero-order valence-electron chi connectivity index (χ0n) is 48.6. The number of carbonyl (C=O) groups is 8. The van der Waals surface area contributed by atoms with Crippen molar-refractivity contribution in [3.63, 3.8) is 0 Å². The number of rotatable bonds is 22. The molecule has 0 spiro atoms. The van der Waals surface area contributed by atoms with E-state index in [9.17, 15) is 47.5 Å². The third kappa shape index (κ3) is 16.6. The molecule has 12 atom stereocenters. The number of nitrogens with zero attached hydrogens (tertiary/aromatic N) is 10. The molecule has 3 saturated heterocycles. The van der Waals surface area contributed by atoms with Gasteiger partial charge in [0.1, 0.15) is 66.8 Å². The second-order valence-corrected chi connectivity index (χ2v) is 27.1. The Morgan fingerprint density at radius 1 is 0.791 bits per heavy atom. The van der Waals surface area contributed by atoms with Gasteiger partial charge in [-0.2, -0.15) is 0 Å². The van der Waals surface area contributed by atoms with Crippen LogP contribution >= 0.6 is 38.1 Å². The third-order valence-electron chi connectivity index (χ3n) is 14.6. The number of primary amides is 1. The van der Waals surface area contributed by atoms with Gasteiger partial charge < -0.3 is 62.3 Å². The number of nitrogen functional groups attached to an aromatic ring is 2. The first-order valence-electron chi connectivity index (χ1n) is 28.0. The van der Waals surface area contributed by atoms with Gasteiger partial charge in [0.15, 0.2) is 47.7 Å². The van der Waals surface area contributed by atoms with Crippen LogP contribution in [0.15, 0.2) is 61.7 Å². The summed E-state index contributed by atoms with van der Waals surface area (Å²) in [5, 5.41) is 10.4. The number of amides is 8. The van der Waals surface area contributed by atoms with E-state index >= 15 is 4.39 Å². The van der Waals surface area contributed by atoms with E-state index in [1.807, 2.05) is 0 Å². The van der Waals surface area contributed by atoms with Gasteiger partial charge in [0.25, 0.3) is 11.8 Å². The number of nitrogens with two attached hydrogens (primary N) is 3. The van der Waals surface area contributed by atoms with Crippen LogP contribution in [0.25, 0.3) is 22.3 Å². The number of fused-ring (bicyclic) bond motifs is 4. The van der Waals surface area contributed by atoms with Crippen molar-refractivity contribution in [1.82, 2.24) is 64.8 Å². The van der Waals surface area contributed by atoms with E-state index < -0.39 is 142 Å².